The van der Waals surface area contributed by atoms with Gasteiger partial charge in [0.25, 0.3) is 0 Å². The Morgan fingerprint density at radius 1 is 1.17 bits per heavy atom. The molecule has 0 bridgehead atoms. The van der Waals surface area contributed by atoms with Crippen molar-refractivity contribution >= 4 is 23.2 Å². The number of hydrogen-bond donors (Lipinski definition) is 1. The van der Waals surface area contributed by atoms with E-state index in [1.807, 2.05) is 30.3 Å². The first kappa shape index (κ1) is 7.65. The first-order chi connectivity index (χ1) is 5.79. The summed E-state index contributed by atoms with van der Waals surface area (Å²) in [4.78, 5) is 0.591. The Balaban J connectivity index is 2.59. The van der Waals surface area contributed by atoms with E-state index < -0.39 is 6.10 Å². The van der Waals surface area contributed by atoms with E-state index in [1.165, 1.54) is 0 Å². The smallest absolute Gasteiger partial charge is 0.115 e. The maximum absolute atomic E-state index is 9.64. The van der Waals surface area contributed by atoms with Crippen LogP contribution in [0.5, 0.6) is 0 Å². The summed E-state index contributed by atoms with van der Waals surface area (Å²) in [6.45, 7) is 0. The molecule has 2 heteroatoms. The molecular formula is C10H8OS. The van der Waals surface area contributed by atoms with E-state index in [0.717, 1.165) is 11.1 Å². The van der Waals surface area contributed by atoms with Gasteiger partial charge in [-0.1, -0.05) is 42.6 Å². The molecule has 0 radical (unpaired) electrons. The zero-order chi connectivity index (χ0) is 8.55. The molecule has 0 spiro atoms. The van der Waals surface area contributed by atoms with Crippen LogP contribution in [0.25, 0.3) is 6.08 Å². The lowest BCUT2D eigenvalue weighted by Gasteiger charge is -2.16. The van der Waals surface area contributed by atoms with Crippen molar-refractivity contribution in [2.45, 2.75) is 6.10 Å². The molecule has 0 fully saturated rings. The lowest BCUT2D eigenvalue weighted by atomic mass is 9.95. The molecule has 1 unspecified atom stereocenters. The third-order valence-corrected chi connectivity index (χ3v) is 2.35. The first-order valence-electron chi connectivity index (χ1n) is 3.78. The highest BCUT2D eigenvalue weighted by Crippen LogP contribution is 2.25. The first-order valence-corrected chi connectivity index (χ1v) is 4.19. The second-order valence-corrected chi connectivity index (χ2v) is 3.24. The molecule has 1 nitrogen and oxygen atoms in total. The summed E-state index contributed by atoms with van der Waals surface area (Å²) >= 11 is 4.97. The van der Waals surface area contributed by atoms with E-state index in [4.69, 9.17) is 12.2 Å². The molecule has 0 heterocycles. The molecule has 0 aromatic heterocycles. The molecule has 0 saturated heterocycles. The predicted octanol–water partition coefficient (Wildman–Crippen LogP) is 2.12. The second-order valence-electron chi connectivity index (χ2n) is 2.77. The Morgan fingerprint density at radius 3 is 2.75 bits per heavy atom. The minimum Gasteiger partial charge on any atom is -0.383 e. The number of benzene rings is 1. The zero-order valence-electron chi connectivity index (χ0n) is 6.40. The maximum Gasteiger partial charge on any atom is 0.115 e. The summed E-state index contributed by atoms with van der Waals surface area (Å²) in [5.74, 6) is 0. The largest absolute Gasteiger partial charge is 0.383 e. The van der Waals surface area contributed by atoms with Crippen LogP contribution in [-0.2, 0) is 0 Å². The van der Waals surface area contributed by atoms with E-state index in [0.29, 0.717) is 4.86 Å². The van der Waals surface area contributed by atoms with Gasteiger partial charge in [0.15, 0.2) is 0 Å². The number of rotatable bonds is 0. The Bertz CT molecular complexity index is 355. The predicted molar refractivity (Wildman–Crippen MR) is 53.0 cm³/mol. The fourth-order valence-corrected chi connectivity index (χ4v) is 1.52. The van der Waals surface area contributed by atoms with Gasteiger partial charge < -0.3 is 5.11 Å². The molecule has 0 amide bonds. The van der Waals surface area contributed by atoms with Crippen molar-refractivity contribution in [3.8, 4) is 0 Å². The molecule has 1 aromatic rings. The van der Waals surface area contributed by atoms with Gasteiger partial charge in [0.1, 0.15) is 6.10 Å². The van der Waals surface area contributed by atoms with Crippen LogP contribution in [0.1, 0.15) is 17.2 Å². The summed E-state index contributed by atoms with van der Waals surface area (Å²) in [6.07, 6.45) is 3.12. The number of thiocarbonyl (C=S) groups is 1. The molecule has 1 atom stereocenters. The zero-order valence-corrected chi connectivity index (χ0v) is 7.21. The van der Waals surface area contributed by atoms with E-state index in [2.05, 4.69) is 0 Å². The average Bonchev–Trinajstić information content (AvgIpc) is 2.12. The van der Waals surface area contributed by atoms with Crippen LogP contribution in [0, 0.1) is 0 Å². The van der Waals surface area contributed by atoms with E-state index >= 15 is 0 Å². The van der Waals surface area contributed by atoms with Gasteiger partial charge in [0.2, 0.25) is 0 Å². The number of aliphatic hydroxyl groups excluding tert-OH is 1. The fraction of sp³-hybridized carbons (Fsp3) is 0.100. The molecule has 0 saturated carbocycles. The highest BCUT2D eigenvalue weighted by molar-refractivity contribution is 7.80. The van der Waals surface area contributed by atoms with Crippen LogP contribution in [0.4, 0.5) is 0 Å². The molecule has 12 heavy (non-hydrogen) atoms. The summed E-state index contributed by atoms with van der Waals surface area (Å²) in [5, 5.41) is 9.64. The Hall–Kier alpha value is -0.990. The SMILES string of the molecule is OC1C(=S)C=Cc2ccccc21. The molecule has 60 valence electrons. The van der Waals surface area contributed by atoms with Crippen molar-refractivity contribution in [2.24, 2.45) is 0 Å². The fourth-order valence-electron chi connectivity index (χ4n) is 1.33. The average molecular weight is 176 g/mol. The highest BCUT2D eigenvalue weighted by Gasteiger charge is 2.17. The van der Waals surface area contributed by atoms with Crippen LogP contribution in [0.15, 0.2) is 30.3 Å². The van der Waals surface area contributed by atoms with Crippen LogP contribution < -0.4 is 0 Å². The van der Waals surface area contributed by atoms with Crippen molar-refractivity contribution in [3.05, 3.63) is 41.5 Å². The van der Waals surface area contributed by atoms with Crippen LogP contribution >= 0.6 is 12.2 Å². The second kappa shape index (κ2) is 2.81. The Morgan fingerprint density at radius 2 is 1.92 bits per heavy atom. The van der Waals surface area contributed by atoms with Gasteiger partial charge in [0, 0.05) is 4.86 Å². The van der Waals surface area contributed by atoms with Gasteiger partial charge in [-0.05, 0) is 17.2 Å². The summed E-state index contributed by atoms with van der Waals surface area (Å²) < 4.78 is 0. The number of aliphatic hydroxyl groups is 1. The normalized spacial score (nSPS) is 20.8. The summed E-state index contributed by atoms with van der Waals surface area (Å²) in [5.41, 5.74) is 1.96. The third-order valence-electron chi connectivity index (χ3n) is 1.99. The minimum absolute atomic E-state index is 0.591. The Kier molecular flexibility index (Phi) is 1.79. The molecule has 1 aliphatic rings. The van der Waals surface area contributed by atoms with Crippen molar-refractivity contribution in [2.75, 3.05) is 0 Å². The molecule has 1 N–H and O–H groups in total. The van der Waals surface area contributed by atoms with Gasteiger partial charge >= 0.3 is 0 Å². The molecular weight excluding hydrogens is 168 g/mol. The van der Waals surface area contributed by atoms with Gasteiger partial charge in [-0.25, -0.2) is 0 Å². The van der Waals surface area contributed by atoms with E-state index in [9.17, 15) is 5.11 Å². The highest BCUT2D eigenvalue weighted by atomic mass is 32.1. The van der Waals surface area contributed by atoms with Crippen LogP contribution in [-0.4, -0.2) is 9.97 Å². The van der Waals surface area contributed by atoms with Crippen molar-refractivity contribution in [1.29, 1.82) is 0 Å². The Labute approximate surface area is 76.3 Å². The van der Waals surface area contributed by atoms with Gasteiger partial charge in [-0.2, -0.15) is 0 Å². The lowest BCUT2D eigenvalue weighted by Crippen LogP contribution is -2.11. The van der Waals surface area contributed by atoms with E-state index in [-0.39, 0.29) is 0 Å². The molecule has 1 aromatic carbocycles. The number of hydrogen-bond acceptors (Lipinski definition) is 2. The number of fused-ring (bicyclic) bond motifs is 1. The third kappa shape index (κ3) is 1.09. The van der Waals surface area contributed by atoms with Crippen molar-refractivity contribution in [1.82, 2.24) is 0 Å². The molecule has 1 aliphatic carbocycles. The molecule has 0 aliphatic heterocycles. The van der Waals surface area contributed by atoms with Gasteiger partial charge in [-0.3, -0.25) is 0 Å². The van der Waals surface area contributed by atoms with E-state index in [1.54, 1.807) is 6.08 Å². The minimum atomic E-state index is -0.596. The quantitative estimate of drug-likeness (QED) is 0.611. The topological polar surface area (TPSA) is 20.2 Å². The van der Waals surface area contributed by atoms with Crippen LogP contribution in [0.2, 0.25) is 0 Å². The van der Waals surface area contributed by atoms with Crippen LogP contribution in [0.3, 0.4) is 0 Å². The standard InChI is InChI=1S/C10H8OS/c11-10-8-4-2-1-3-7(8)5-6-9(10)12/h1-6,10-11H. The van der Waals surface area contributed by atoms with Gasteiger partial charge in [-0.15, -0.1) is 0 Å². The monoisotopic (exact) mass is 176 g/mol. The van der Waals surface area contributed by atoms with Crippen molar-refractivity contribution < 1.29 is 5.11 Å². The maximum atomic E-state index is 9.64. The van der Waals surface area contributed by atoms with Gasteiger partial charge in [0.05, 0.1) is 0 Å². The molecule has 2 rings (SSSR count). The lowest BCUT2D eigenvalue weighted by molar-refractivity contribution is 0.250. The summed E-state index contributed by atoms with van der Waals surface area (Å²) in [6, 6.07) is 7.72. The summed E-state index contributed by atoms with van der Waals surface area (Å²) in [7, 11) is 0. The van der Waals surface area contributed by atoms with Crippen molar-refractivity contribution in [3.63, 3.8) is 0 Å².